The molecule has 0 aromatic heterocycles. The van der Waals surface area contributed by atoms with Gasteiger partial charge < -0.3 is 16.4 Å². The van der Waals surface area contributed by atoms with E-state index in [0.717, 1.165) is 15.7 Å². The van der Waals surface area contributed by atoms with Gasteiger partial charge in [0.25, 0.3) is 0 Å². The fraction of sp³-hybridized carbons (Fsp3) is 0.467. The normalized spacial score (nSPS) is 11.8. The summed E-state index contributed by atoms with van der Waals surface area (Å²) in [7, 11) is 0. The van der Waals surface area contributed by atoms with Crippen LogP contribution in [0.25, 0.3) is 0 Å². The van der Waals surface area contributed by atoms with Gasteiger partial charge in [0, 0.05) is 35.6 Å². The number of nitrogens with two attached hydrogens (primary N) is 1. The Bertz CT molecular complexity index is 504. The number of amides is 2. The van der Waals surface area contributed by atoms with Gasteiger partial charge in [-0.2, -0.15) is 0 Å². The van der Waals surface area contributed by atoms with Crippen LogP contribution in [0.15, 0.2) is 22.7 Å². The van der Waals surface area contributed by atoms with E-state index in [1.54, 1.807) is 0 Å². The lowest BCUT2D eigenvalue weighted by Crippen LogP contribution is -2.29. The standard InChI is InChI=1S/C15H22BrN3O2/c1-10-3-5-12(16)9-13(10)19-15(21)7-8-18-14(20)6-4-11(2)17/h3,5,9,11H,4,6-8,17H2,1-2H3,(H,18,20)(H,19,21). The summed E-state index contributed by atoms with van der Waals surface area (Å²) in [6, 6.07) is 5.71. The number of carbonyl (C=O) groups is 2. The Balaban J connectivity index is 2.31. The Kier molecular flexibility index (Phi) is 7.39. The molecule has 5 nitrogen and oxygen atoms in total. The average molecular weight is 356 g/mol. The van der Waals surface area contributed by atoms with E-state index in [1.807, 2.05) is 32.0 Å². The van der Waals surface area contributed by atoms with Gasteiger partial charge in [-0.05, 0) is 38.0 Å². The maximum atomic E-state index is 11.8. The molecule has 4 N–H and O–H groups in total. The summed E-state index contributed by atoms with van der Waals surface area (Å²) in [4.78, 5) is 23.3. The van der Waals surface area contributed by atoms with E-state index in [1.165, 1.54) is 0 Å². The lowest BCUT2D eigenvalue weighted by Gasteiger charge is -2.10. The van der Waals surface area contributed by atoms with Crippen LogP contribution in [0.3, 0.4) is 0 Å². The molecule has 0 bridgehead atoms. The molecule has 0 radical (unpaired) electrons. The number of hydrogen-bond donors (Lipinski definition) is 3. The largest absolute Gasteiger partial charge is 0.356 e. The molecule has 0 spiro atoms. The van der Waals surface area contributed by atoms with E-state index < -0.39 is 0 Å². The molecule has 0 saturated carbocycles. The van der Waals surface area contributed by atoms with Crippen LogP contribution in [0.1, 0.15) is 31.7 Å². The highest BCUT2D eigenvalue weighted by Gasteiger charge is 2.07. The van der Waals surface area contributed by atoms with Gasteiger partial charge in [0.15, 0.2) is 0 Å². The van der Waals surface area contributed by atoms with Crippen molar-refractivity contribution in [2.24, 2.45) is 5.73 Å². The van der Waals surface area contributed by atoms with Gasteiger partial charge in [0.2, 0.25) is 11.8 Å². The van der Waals surface area contributed by atoms with Crippen molar-refractivity contribution < 1.29 is 9.59 Å². The fourth-order valence-corrected chi connectivity index (χ4v) is 2.07. The molecule has 1 rings (SSSR count). The van der Waals surface area contributed by atoms with Crippen molar-refractivity contribution in [3.8, 4) is 0 Å². The van der Waals surface area contributed by atoms with Crippen molar-refractivity contribution in [3.05, 3.63) is 28.2 Å². The summed E-state index contributed by atoms with van der Waals surface area (Å²) in [5.74, 6) is -0.192. The third kappa shape index (κ3) is 7.24. The molecule has 0 saturated heterocycles. The van der Waals surface area contributed by atoms with E-state index in [9.17, 15) is 9.59 Å². The van der Waals surface area contributed by atoms with Gasteiger partial charge in [0.1, 0.15) is 0 Å². The third-order valence-corrected chi connectivity index (χ3v) is 3.47. The maximum Gasteiger partial charge on any atom is 0.226 e. The van der Waals surface area contributed by atoms with E-state index >= 15 is 0 Å². The average Bonchev–Trinajstić information content (AvgIpc) is 2.40. The van der Waals surface area contributed by atoms with Crippen molar-refractivity contribution >= 4 is 33.4 Å². The Morgan fingerprint density at radius 2 is 2.00 bits per heavy atom. The van der Waals surface area contributed by atoms with Crippen LogP contribution in [-0.2, 0) is 9.59 Å². The third-order valence-electron chi connectivity index (χ3n) is 2.97. The first kappa shape index (κ1) is 17.7. The van der Waals surface area contributed by atoms with E-state index in [2.05, 4.69) is 26.6 Å². The minimum atomic E-state index is -0.122. The van der Waals surface area contributed by atoms with Gasteiger partial charge in [-0.15, -0.1) is 0 Å². The Hall–Kier alpha value is -1.40. The summed E-state index contributed by atoms with van der Waals surface area (Å²) < 4.78 is 0.910. The van der Waals surface area contributed by atoms with Crippen LogP contribution >= 0.6 is 15.9 Å². The van der Waals surface area contributed by atoms with Crippen LogP contribution in [-0.4, -0.2) is 24.4 Å². The molecule has 1 unspecified atom stereocenters. The summed E-state index contributed by atoms with van der Waals surface area (Å²) in [5, 5.41) is 5.55. The van der Waals surface area contributed by atoms with E-state index in [-0.39, 0.29) is 24.3 Å². The summed E-state index contributed by atoms with van der Waals surface area (Å²) >= 11 is 3.37. The highest BCUT2D eigenvalue weighted by Crippen LogP contribution is 2.20. The first-order valence-electron chi connectivity index (χ1n) is 6.96. The quantitative estimate of drug-likeness (QED) is 0.701. The Labute approximate surface area is 133 Å². The zero-order valence-electron chi connectivity index (χ0n) is 12.4. The second kappa shape index (κ2) is 8.79. The molecule has 0 aliphatic carbocycles. The highest BCUT2D eigenvalue weighted by molar-refractivity contribution is 9.10. The molecule has 0 heterocycles. The van der Waals surface area contributed by atoms with Crippen LogP contribution in [0.2, 0.25) is 0 Å². The van der Waals surface area contributed by atoms with Crippen molar-refractivity contribution in [1.82, 2.24) is 5.32 Å². The van der Waals surface area contributed by atoms with E-state index in [4.69, 9.17) is 5.73 Å². The zero-order chi connectivity index (χ0) is 15.8. The topological polar surface area (TPSA) is 84.2 Å². The van der Waals surface area contributed by atoms with Gasteiger partial charge in [-0.1, -0.05) is 22.0 Å². The van der Waals surface area contributed by atoms with Crippen molar-refractivity contribution in [1.29, 1.82) is 0 Å². The molecule has 0 fully saturated rings. The molecule has 0 aliphatic rings. The molecular weight excluding hydrogens is 334 g/mol. The Morgan fingerprint density at radius 1 is 1.29 bits per heavy atom. The summed E-state index contributed by atoms with van der Waals surface area (Å²) in [6.45, 7) is 4.12. The first-order valence-corrected chi connectivity index (χ1v) is 7.76. The number of halogens is 1. The van der Waals surface area contributed by atoms with E-state index in [0.29, 0.717) is 19.4 Å². The predicted molar refractivity (Wildman–Crippen MR) is 88.0 cm³/mol. The number of anilines is 1. The highest BCUT2D eigenvalue weighted by atomic mass is 79.9. The minimum absolute atomic E-state index is 0.0125. The molecule has 0 aliphatic heterocycles. The smallest absolute Gasteiger partial charge is 0.226 e. The second-order valence-electron chi connectivity index (χ2n) is 5.12. The second-order valence-corrected chi connectivity index (χ2v) is 6.04. The number of carbonyl (C=O) groups excluding carboxylic acids is 2. The minimum Gasteiger partial charge on any atom is -0.356 e. The monoisotopic (exact) mass is 355 g/mol. The predicted octanol–water partition coefficient (Wildman–Crippen LogP) is 2.33. The number of aryl methyl sites for hydroxylation is 1. The van der Waals surface area contributed by atoms with Gasteiger partial charge in [0.05, 0.1) is 0 Å². The number of nitrogens with one attached hydrogen (secondary N) is 2. The number of rotatable bonds is 7. The van der Waals surface area contributed by atoms with Gasteiger partial charge in [-0.3, -0.25) is 9.59 Å². The summed E-state index contributed by atoms with van der Waals surface area (Å²) in [5.41, 5.74) is 7.35. The van der Waals surface area contributed by atoms with Crippen LogP contribution in [0.4, 0.5) is 5.69 Å². The molecule has 1 aromatic rings. The first-order chi connectivity index (χ1) is 9.88. The van der Waals surface area contributed by atoms with Crippen molar-refractivity contribution in [2.45, 2.75) is 39.2 Å². The van der Waals surface area contributed by atoms with Crippen LogP contribution in [0.5, 0.6) is 0 Å². The molecule has 6 heteroatoms. The van der Waals surface area contributed by atoms with Gasteiger partial charge in [-0.25, -0.2) is 0 Å². The van der Waals surface area contributed by atoms with Crippen LogP contribution < -0.4 is 16.4 Å². The lowest BCUT2D eigenvalue weighted by atomic mass is 10.2. The number of benzene rings is 1. The molecule has 116 valence electrons. The molecule has 2 amide bonds. The zero-order valence-corrected chi connectivity index (χ0v) is 14.0. The van der Waals surface area contributed by atoms with Gasteiger partial charge >= 0.3 is 0 Å². The van der Waals surface area contributed by atoms with Crippen molar-refractivity contribution in [3.63, 3.8) is 0 Å². The lowest BCUT2D eigenvalue weighted by molar-refractivity contribution is -0.121. The SMILES string of the molecule is Cc1ccc(Br)cc1NC(=O)CCNC(=O)CCC(C)N. The van der Waals surface area contributed by atoms with Crippen LogP contribution in [0, 0.1) is 6.92 Å². The fourth-order valence-electron chi connectivity index (χ4n) is 1.70. The Morgan fingerprint density at radius 3 is 2.67 bits per heavy atom. The molecule has 1 aromatic carbocycles. The molecular formula is C15H22BrN3O2. The van der Waals surface area contributed by atoms with Crippen molar-refractivity contribution in [2.75, 3.05) is 11.9 Å². The molecule has 1 atom stereocenters. The summed E-state index contributed by atoms with van der Waals surface area (Å²) in [6.07, 6.45) is 1.29. The maximum absolute atomic E-state index is 11.8. The number of hydrogen-bond acceptors (Lipinski definition) is 3. The molecule has 21 heavy (non-hydrogen) atoms.